The minimum atomic E-state index is 0.194. The number of halogens is 1. The maximum Gasteiger partial charge on any atom is 0.236 e. The van der Waals surface area contributed by atoms with Crippen molar-refractivity contribution in [2.45, 2.75) is 13.0 Å². The van der Waals surface area contributed by atoms with Crippen LogP contribution in [0.15, 0.2) is 22.7 Å². The number of hydrogen-bond acceptors (Lipinski definition) is 3. The Bertz CT molecular complexity index is 450. The zero-order valence-corrected chi connectivity index (χ0v) is 12.1. The number of nitrogen functional groups attached to an aromatic ring is 1. The first-order chi connectivity index (χ1) is 8.56. The average Bonchev–Trinajstić information content (AvgIpc) is 2.46. The molecule has 1 heterocycles. The lowest BCUT2D eigenvalue weighted by Crippen LogP contribution is -2.34. The van der Waals surface area contributed by atoms with Gasteiger partial charge in [0.05, 0.1) is 6.54 Å². The van der Waals surface area contributed by atoms with Gasteiger partial charge >= 0.3 is 0 Å². The highest BCUT2D eigenvalue weighted by Crippen LogP contribution is 2.21. The van der Waals surface area contributed by atoms with Crippen LogP contribution in [0.1, 0.15) is 12.0 Å². The number of carbonyl (C=O) groups excluding carboxylic acids is 1. The second-order valence-corrected chi connectivity index (χ2v) is 5.58. The standard InChI is InChI=1S/C13H18BrN3O/c1-16-5-2-6-17(9-13(16)18)8-10-3-4-11(15)7-12(10)14/h3-4,7H,2,5-6,8-9,15H2,1H3. The Morgan fingerprint density at radius 1 is 1.39 bits per heavy atom. The van der Waals surface area contributed by atoms with Gasteiger partial charge in [0.25, 0.3) is 0 Å². The number of benzene rings is 1. The molecule has 4 nitrogen and oxygen atoms in total. The monoisotopic (exact) mass is 311 g/mol. The second kappa shape index (κ2) is 5.71. The summed E-state index contributed by atoms with van der Waals surface area (Å²) in [5.41, 5.74) is 7.64. The van der Waals surface area contributed by atoms with E-state index in [1.807, 2.05) is 25.2 Å². The second-order valence-electron chi connectivity index (χ2n) is 4.73. The van der Waals surface area contributed by atoms with Gasteiger partial charge in [-0.3, -0.25) is 9.69 Å². The molecule has 1 fully saturated rings. The lowest BCUT2D eigenvalue weighted by Gasteiger charge is -2.20. The normalized spacial score (nSPS) is 17.9. The van der Waals surface area contributed by atoms with Gasteiger partial charge in [-0.2, -0.15) is 0 Å². The quantitative estimate of drug-likeness (QED) is 0.846. The Hall–Kier alpha value is -1.07. The third kappa shape index (κ3) is 3.23. The molecule has 0 bridgehead atoms. The van der Waals surface area contributed by atoms with Gasteiger partial charge in [-0.1, -0.05) is 22.0 Å². The number of hydrogen-bond donors (Lipinski definition) is 1. The van der Waals surface area contributed by atoms with Crippen molar-refractivity contribution in [2.75, 3.05) is 32.4 Å². The van der Waals surface area contributed by atoms with Crippen molar-refractivity contribution in [1.29, 1.82) is 0 Å². The molecule has 0 aliphatic carbocycles. The van der Waals surface area contributed by atoms with Crippen LogP contribution in [0.2, 0.25) is 0 Å². The van der Waals surface area contributed by atoms with Crippen LogP contribution < -0.4 is 5.73 Å². The Morgan fingerprint density at radius 2 is 2.17 bits per heavy atom. The summed E-state index contributed by atoms with van der Waals surface area (Å²) in [6.45, 7) is 3.07. The van der Waals surface area contributed by atoms with Crippen LogP contribution in [-0.2, 0) is 11.3 Å². The smallest absolute Gasteiger partial charge is 0.236 e. The van der Waals surface area contributed by atoms with E-state index in [2.05, 4.69) is 20.8 Å². The topological polar surface area (TPSA) is 49.6 Å². The summed E-state index contributed by atoms with van der Waals surface area (Å²) in [6, 6.07) is 5.81. The Balaban J connectivity index is 2.06. The average molecular weight is 312 g/mol. The van der Waals surface area contributed by atoms with Crippen molar-refractivity contribution in [3.63, 3.8) is 0 Å². The van der Waals surface area contributed by atoms with Gasteiger partial charge in [-0.05, 0) is 24.1 Å². The molecule has 98 valence electrons. The first-order valence-corrected chi connectivity index (χ1v) is 6.86. The number of nitrogens with zero attached hydrogens (tertiary/aromatic N) is 2. The zero-order valence-electron chi connectivity index (χ0n) is 10.5. The molecule has 1 saturated heterocycles. The van der Waals surface area contributed by atoms with Crippen LogP contribution in [0, 0.1) is 0 Å². The fourth-order valence-electron chi connectivity index (χ4n) is 2.11. The van der Waals surface area contributed by atoms with Crippen LogP contribution >= 0.6 is 15.9 Å². The number of anilines is 1. The molecule has 0 spiro atoms. The molecule has 0 saturated carbocycles. The van der Waals surface area contributed by atoms with Gasteiger partial charge in [0.2, 0.25) is 5.91 Å². The van der Waals surface area contributed by atoms with Gasteiger partial charge in [-0.15, -0.1) is 0 Å². The van der Waals surface area contributed by atoms with E-state index >= 15 is 0 Å². The molecule has 0 atom stereocenters. The van der Waals surface area contributed by atoms with Crippen LogP contribution in [0.25, 0.3) is 0 Å². The molecular formula is C13H18BrN3O. The largest absolute Gasteiger partial charge is 0.399 e. The van der Waals surface area contributed by atoms with Crippen molar-refractivity contribution in [2.24, 2.45) is 0 Å². The predicted molar refractivity (Wildman–Crippen MR) is 76.1 cm³/mol. The highest BCUT2D eigenvalue weighted by Gasteiger charge is 2.19. The maximum absolute atomic E-state index is 11.8. The first kappa shape index (κ1) is 13.4. The van der Waals surface area contributed by atoms with Gasteiger partial charge < -0.3 is 10.6 Å². The number of carbonyl (C=O) groups is 1. The molecule has 1 aliphatic rings. The molecule has 0 radical (unpaired) electrons. The van der Waals surface area contributed by atoms with Crippen molar-refractivity contribution >= 4 is 27.5 Å². The summed E-state index contributed by atoms with van der Waals surface area (Å²) in [5, 5.41) is 0. The predicted octanol–water partition coefficient (Wildman–Crippen LogP) is 1.70. The van der Waals surface area contributed by atoms with Crippen molar-refractivity contribution < 1.29 is 4.79 Å². The Labute approximate surface area is 116 Å². The van der Waals surface area contributed by atoms with E-state index in [9.17, 15) is 4.79 Å². The molecule has 1 aromatic carbocycles. The molecule has 2 rings (SSSR count). The van der Waals surface area contributed by atoms with E-state index in [0.717, 1.165) is 36.2 Å². The fraction of sp³-hybridized carbons (Fsp3) is 0.462. The molecular weight excluding hydrogens is 294 g/mol. The van der Waals surface area contributed by atoms with Gasteiger partial charge in [0.1, 0.15) is 0 Å². The minimum Gasteiger partial charge on any atom is -0.399 e. The minimum absolute atomic E-state index is 0.194. The summed E-state index contributed by atoms with van der Waals surface area (Å²) in [6.07, 6.45) is 1.02. The molecule has 2 N–H and O–H groups in total. The lowest BCUT2D eigenvalue weighted by molar-refractivity contribution is -0.130. The van der Waals surface area contributed by atoms with Gasteiger partial charge in [0.15, 0.2) is 0 Å². The molecule has 5 heteroatoms. The van der Waals surface area contributed by atoms with E-state index in [-0.39, 0.29) is 5.91 Å². The van der Waals surface area contributed by atoms with Crippen LogP contribution in [-0.4, -0.2) is 42.4 Å². The SMILES string of the molecule is CN1CCCN(Cc2ccc(N)cc2Br)CC1=O. The van der Waals surface area contributed by atoms with Crippen LogP contribution in [0.4, 0.5) is 5.69 Å². The maximum atomic E-state index is 11.8. The Kier molecular flexibility index (Phi) is 4.24. The third-order valence-electron chi connectivity index (χ3n) is 3.22. The van der Waals surface area contributed by atoms with Gasteiger partial charge in [0, 0.05) is 36.8 Å². The van der Waals surface area contributed by atoms with E-state index in [1.54, 1.807) is 4.90 Å². The van der Waals surface area contributed by atoms with E-state index in [4.69, 9.17) is 5.73 Å². The summed E-state index contributed by atoms with van der Waals surface area (Å²) < 4.78 is 1.01. The van der Waals surface area contributed by atoms with Crippen LogP contribution in [0.5, 0.6) is 0 Å². The molecule has 18 heavy (non-hydrogen) atoms. The lowest BCUT2D eigenvalue weighted by atomic mass is 10.2. The van der Waals surface area contributed by atoms with E-state index in [1.165, 1.54) is 5.56 Å². The zero-order chi connectivity index (χ0) is 13.1. The Morgan fingerprint density at radius 3 is 2.89 bits per heavy atom. The fourth-order valence-corrected chi connectivity index (χ4v) is 2.64. The van der Waals surface area contributed by atoms with E-state index < -0.39 is 0 Å². The number of amides is 1. The summed E-state index contributed by atoms with van der Waals surface area (Å²) in [7, 11) is 1.87. The highest BCUT2D eigenvalue weighted by atomic mass is 79.9. The van der Waals surface area contributed by atoms with Crippen LogP contribution in [0.3, 0.4) is 0 Å². The first-order valence-electron chi connectivity index (χ1n) is 6.06. The summed E-state index contributed by atoms with van der Waals surface area (Å²) in [4.78, 5) is 15.8. The number of nitrogens with two attached hydrogens (primary N) is 1. The molecule has 1 aromatic rings. The third-order valence-corrected chi connectivity index (χ3v) is 3.96. The van der Waals surface area contributed by atoms with Crippen molar-refractivity contribution in [3.8, 4) is 0 Å². The molecule has 1 aliphatic heterocycles. The summed E-state index contributed by atoms with van der Waals surface area (Å²) in [5.74, 6) is 0.194. The van der Waals surface area contributed by atoms with Gasteiger partial charge in [-0.25, -0.2) is 0 Å². The van der Waals surface area contributed by atoms with E-state index in [0.29, 0.717) is 6.54 Å². The van der Waals surface area contributed by atoms with Crippen molar-refractivity contribution in [3.05, 3.63) is 28.2 Å². The highest BCUT2D eigenvalue weighted by molar-refractivity contribution is 9.10. The molecule has 0 aromatic heterocycles. The molecule has 1 amide bonds. The van der Waals surface area contributed by atoms with Crippen molar-refractivity contribution in [1.82, 2.24) is 9.80 Å². The molecule has 0 unspecified atom stereocenters. The number of likely N-dealkylation sites (N-methyl/N-ethyl adjacent to an activating group) is 1. The number of rotatable bonds is 2. The summed E-state index contributed by atoms with van der Waals surface area (Å²) >= 11 is 3.52.